The van der Waals surface area contributed by atoms with Crippen LogP contribution < -0.4 is 10.6 Å². The molecule has 21 heavy (non-hydrogen) atoms. The van der Waals surface area contributed by atoms with Crippen LogP contribution in [0.25, 0.3) is 0 Å². The van der Waals surface area contributed by atoms with Crippen LogP contribution in [0.3, 0.4) is 0 Å². The first-order valence-electron chi connectivity index (χ1n) is 7.53. The predicted octanol–water partition coefficient (Wildman–Crippen LogP) is -0.202. The van der Waals surface area contributed by atoms with Crippen LogP contribution >= 0.6 is 0 Å². The molecular formula is C14H30N2O5. The van der Waals surface area contributed by atoms with Gasteiger partial charge in [-0.25, -0.2) is 0 Å². The van der Waals surface area contributed by atoms with Crippen molar-refractivity contribution in [1.29, 1.82) is 0 Å². The summed E-state index contributed by atoms with van der Waals surface area (Å²) >= 11 is 0. The van der Waals surface area contributed by atoms with Crippen molar-refractivity contribution >= 4 is 5.91 Å². The number of likely N-dealkylation sites (N-methyl/N-ethyl adjacent to an activating group) is 1. The maximum absolute atomic E-state index is 10.6. The maximum Gasteiger partial charge on any atom is 0.216 e. The van der Waals surface area contributed by atoms with Gasteiger partial charge in [0.15, 0.2) is 0 Å². The Labute approximate surface area is 127 Å². The summed E-state index contributed by atoms with van der Waals surface area (Å²) in [4.78, 5) is 10.6. The third-order valence-corrected chi connectivity index (χ3v) is 2.41. The molecule has 7 heteroatoms. The van der Waals surface area contributed by atoms with Crippen molar-refractivity contribution in [3.63, 3.8) is 0 Å². The van der Waals surface area contributed by atoms with Crippen molar-refractivity contribution in [2.75, 3.05) is 72.5 Å². The smallest absolute Gasteiger partial charge is 0.216 e. The van der Waals surface area contributed by atoms with Crippen molar-refractivity contribution in [3.8, 4) is 0 Å². The molecule has 2 N–H and O–H groups in total. The molecule has 0 aromatic carbocycles. The quantitative estimate of drug-likeness (QED) is 0.385. The summed E-state index contributed by atoms with van der Waals surface area (Å²) in [5.74, 6) is -0.0439. The molecule has 0 atom stereocenters. The second kappa shape index (κ2) is 17.3. The number of ether oxygens (including phenoxy) is 4. The zero-order valence-electron chi connectivity index (χ0n) is 13.3. The number of carbonyl (C=O) groups is 1. The van der Waals surface area contributed by atoms with Crippen molar-refractivity contribution in [2.24, 2.45) is 0 Å². The van der Waals surface area contributed by atoms with E-state index in [1.54, 1.807) is 0 Å². The fraction of sp³-hybridized carbons (Fsp3) is 0.929. The minimum Gasteiger partial charge on any atom is -0.378 e. The predicted molar refractivity (Wildman–Crippen MR) is 80.5 cm³/mol. The van der Waals surface area contributed by atoms with Crippen molar-refractivity contribution < 1.29 is 23.7 Å². The summed E-state index contributed by atoms with van der Waals surface area (Å²) in [7, 11) is 0. The molecule has 0 spiro atoms. The highest BCUT2D eigenvalue weighted by molar-refractivity contribution is 5.72. The molecule has 0 rings (SSSR count). The molecule has 1 amide bonds. The lowest BCUT2D eigenvalue weighted by molar-refractivity contribution is -0.119. The molecule has 0 aliphatic carbocycles. The number of hydrogen-bond donors (Lipinski definition) is 2. The number of rotatable bonds is 16. The molecule has 0 saturated carbocycles. The van der Waals surface area contributed by atoms with Gasteiger partial charge in [-0.3, -0.25) is 4.79 Å². The van der Waals surface area contributed by atoms with E-state index in [1.165, 1.54) is 6.92 Å². The first kappa shape index (κ1) is 20.3. The molecule has 0 unspecified atom stereocenters. The van der Waals surface area contributed by atoms with E-state index in [2.05, 4.69) is 17.6 Å². The van der Waals surface area contributed by atoms with Gasteiger partial charge in [0.2, 0.25) is 5.91 Å². The number of amides is 1. The summed E-state index contributed by atoms with van der Waals surface area (Å²) in [6.07, 6.45) is 0. The summed E-state index contributed by atoms with van der Waals surface area (Å²) in [6.45, 7) is 10.5. The highest BCUT2D eigenvalue weighted by Gasteiger charge is 1.93. The van der Waals surface area contributed by atoms with Crippen molar-refractivity contribution in [2.45, 2.75) is 13.8 Å². The SMILES string of the molecule is CCNCCOCCOCCOCCOCCNC(C)=O. The van der Waals surface area contributed by atoms with E-state index in [0.29, 0.717) is 59.4 Å². The molecule has 0 fully saturated rings. The fourth-order valence-corrected chi connectivity index (χ4v) is 1.38. The second-order valence-corrected chi connectivity index (χ2v) is 4.29. The van der Waals surface area contributed by atoms with E-state index in [4.69, 9.17) is 18.9 Å². The Kier molecular flexibility index (Phi) is 16.7. The molecule has 0 heterocycles. The van der Waals surface area contributed by atoms with Crippen LogP contribution in [0.2, 0.25) is 0 Å². The van der Waals surface area contributed by atoms with Crippen LogP contribution in [0.15, 0.2) is 0 Å². The van der Waals surface area contributed by atoms with E-state index in [0.717, 1.165) is 13.1 Å². The first-order chi connectivity index (χ1) is 10.3. The van der Waals surface area contributed by atoms with E-state index in [1.807, 2.05) is 0 Å². The van der Waals surface area contributed by atoms with Gasteiger partial charge in [-0.15, -0.1) is 0 Å². The Morgan fingerprint density at radius 1 is 0.762 bits per heavy atom. The standard InChI is InChI=1S/C14H30N2O5/c1-3-15-4-6-18-8-10-20-12-13-21-11-9-19-7-5-16-14(2)17/h15H,3-13H2,1-2H3,(H,16,17). The van der Waals surface area contributed by atoms with Gasteiger partial charge < -0.3 is 29.6 Å². The van der Waals surface area contributed by atoms with Gasteiger partial charge >= 0.3 is 0 Å². The minimum absolute atomic E-state index is 0.0439. The maximum atomic E-state index is 10.6. The van der Waals surface area contributed by atoms with Gasteiger partial charge in [-0.1, -0.05) is 6.92 Å². The highest BCUT2D eigenvalue weighted by atomic mass is 16.6. The zero-order valence-corrected chi connectivity index (χ0v) is 13.3. The number of nitrogens with one attached hydrogen (secondary N) is 2. The highest BCUT2D eigenvalue weighted by Crippen LogP contribution is 1.82. The van der Waals surface area contributed by atoms with Crippen LogP contribution in [0.1, 0.15) is 13.8 Å². The molecule has 0 aromatic rings. The second-order valence-electron chi connectivity index (χ2n) is 4.29. The number of carbonyl (C=O) groups excluding carboxylic acids is 1. The Hall–Kier alpha value is -0.730. The van der Waals surface area contributed by atoms with Crippen LogP contribution in [0, 0.1) is 0 Å². The van der Waals surface area contributed by atoms with Gasteiger partial charge in [0.1, 0.15) is 0 Å². The van der Waals surface area contributed by atoms with Crippen molar-refractivity contribution in [3.05, 3.63) is 0 Å². The van der Waals surface area contributed by atoms with E-state index in [-0.39, 0.29) is 5.91 Å². The molecule has 7 nitrogen and oxygen atoms in total. The largest absolute Gasteiger partial charge is 0.378 e. The minimum atomic E-state index is -0.0439. The Morgan fingerprint density at radius 3 is 1.62 bits per heavy atom. The lowest BCUT2D eigenvalue weighted by Gasteiger charge is -2.07. The molecule has 0 bridgehead atoms. The average molecular weight is 306 g/mol. The molecule has 0 radical (unpaired) electrons. The van der Waals surface area contributed by atoms with Gasteiger partial charge in [0.25, 0.3) is 0 Å². The topological polar surface area (TPSA) is 78.1 Å². The Morgan fingerprint density at radius 2 is 1.19 bits per heavy atom. The molecular weight excluding hydrogens is 276 g/mol. The van der Waals surface area contributed by atoms with Gasteiger partial charge in [-0.2, -0.15) is 0 Å². The van der Waals surface area contributed by atoms with Crippen LogP contribution in [-0.4, -0.2) is 78.4 Å². The van der Waals surface area contributed by atoms with E-state index in [9.17, 15) is 4.79 Å². The third-order valence-electron chi connectivity index (χ3n) is 2.41. The summed E-state index contributed by atoms with van der Waals surface area (Å²) in [6, 6.07) is 0. The van der Waals surface area contributed by atoms with Crippen LogP contribution in [0.4, 0.5) is 0 Å². The lowest BCUT2D eigenvalue weighted by Crippen LogP contribution is -2.25. The summed E-state index contributed by atoms with van der Waals surface area (Å²) in [5.41, 5.74) is 0. The summed E-state index contributed by atoms with van der Waals surface area (Å²) < 4.78 is 21.3. The van der Waals surface area contributed by atoms with Crippen LogP contribution in [-0.2, 0) is 23.7 Å². The van der Waals surface area contributed by atoms with Gasteiger partial charge in [0, 0.05) is 20.0 Å². The van der Waals surface area contributed by atoms with Gasteiger partial charge in [-0.05, 0) is 6.54 Å². The van der Waals surface area contributed by atoms with Crippen molar-refractivity contribution in [1.82, 2.24) is 10.6 Å². The molecule has 0 aliphatic heterocycles. The third kappa shape index (κ3) is 19.3. The monoisotopic (exact) mass is 306 g/mol. The molecule has 0 saturated heterocycles. The first-order valence-corrected chi connectivity index (χ1v) is 7.53. The van der Waals surface area contributed by atoms with Crippen LogP contribution in [0.5, 0.6) is 0 Å². The summed E-state index contributed by atoms with van der Waals surface area (Å²) in [5, 5.41) is 5.83. The Balaban J connectivity index is 2.95. The van der Waals surface area contributed by atoms with Gasteiger partial charge in [0.05, 0.1) is 52.9 Å². The number of hydrogen-bond acceptors (Lipinski definition) is 6. The average Bonchev–Trinajstić information content (AvgIpc) is 2.46. The lowest BCUT2D eigenvalue weighted by atomic mass is 10.6. The molecule has 0 aliphatic rings. The van der Waals surface area contributed by atoms with E-state index >= 15 is 0 Å². The van der Waals surface area contributed by atoms with E-state index < -0.39 is 0 Å². The Bertz CT molecular complexity index is 229. The molecule has 126 valence electrons. The molecule has 0 aromatic heterocycles. The zero-order chi connectivity index (χ0) is 15.6. The fourth-order valence-electron chi connectivity index (χ4n) is 1.38. The normalized spacial score (nSPS) is 10.8.